The van der Waals surface area contributed by atoms with E-state index in [1.165, 1.54) is 6.42 Å². The van der Waals surface area contributed by atoms with Gasteiger partial charge in [0.1, 0.15) is 6.61 Å². The van der Waals surface area contributed by atoms with Crippen LogP contribution in [-0.2, 0) is 4.84 Å². The van der Waals surface area contributed by atoms with Gasteiger partial charge < -0.3 is 20.8 Å². The fraction of sp³-hybridized carbons (Fsp3) is 0.955. The number of rotatable bonds is 4. The Morgan fingerprint density at radius 1 is 1.07 bits per heavy atom. The lowest BCUT2D eigenvalue weighted by molar-refractivity contribution is -0.206. The third-order valence-corrected chi connectivity index (χ3v) is 9.42. The van der Waals surface area contributed by atoms with E-state index in [0.717, 1.165) is 51.4 Å². The van der Waals surface area contributed by atoms with Crippen LogP contribution in [0.2, 0.25) is 0 Å². The second kappa shape index (κ2) is 7.00. The Balaban J connectivity index is 1.56. The molecule has 0 saturated heterocycles. The summed E-state index contributed by atoms with van der Waals surface area (Å²) in [4.78, 5) is 5.24. The lowest BCUT2D eigenvalue weighted by Gasteiger charge is -2.63. The van der Waals surface area contributed by atoms with Crippen molar-refractivity contribution in [2.45, 2.75) is 83.3 Å². The zero-order chi connectivity index (χ0) is 19.3. The average Bonchev–Trinajstić information content (AvgIpc) is 2.91. The Kier molecular flexibility index (Phi) is 5.09. The zero-order valence-electron chi connectivity index (χ0n) is 17.1. The number of aliphatic hydroxyl groups is 2. The van der Waals surface area contributed by atoms with E-state index in [9.17, 15) is 10.2 Å². The fourth-order valence-corrected chi connectivity index (χ4v) is 7.70. The van der Waals surface area contributed by atoms with E-state index < -0.39 is 5.60 Å². The molecule has 4 fully saturated rings. The lowest BCUT2D eigenvalue weighted by atomic mass is 9.43. The number of nitrogens with zero attached hydrogens (tertiary/aromatic N) is 1. The standard InChI is InChI=1S/C22H38N2O3/c1-20-8-6-17(25)13-15(20)3-4-19-18(20)7-9-21(2)16(5-10-22(19,21)26)14-24-27-12-11-23/h14-19,25-26H,3-13,23H2,1-2H3/b24-14+/t15-,16+,17+,18?,19?,20+,21-,22+/m1/s1. The van der Waals surface area contributed by atoms with E-state index in [4.69, 9.17) is 10.6 Å². The van der Waals surface area contributed by atoms with Crippen molar-refractivity contribution in [3.63, 3.8) is 0 Å². The minimum absolute atomic E-state index is 0.110. The van der Waals surface area contributed by atoms with Crippen molar-refractivity contribution in [3.8, 4) is 0 Å². The van der Waals surface area contributed by atoms with Crippen molar-refractivity contribution in [3.05, 3.63) is 0 Å². The highest BCUT2D eigenvalue weighted by atomic mass is 16.6. The first-order valence-corrected chi connectivity index (χ1v) is 11.1. The normalized spacial score (nSPS) is 52.3. The highest BCUT2D eigenvalue weighted by Gasteiger charge is 2.66. The first-order valence-electron chi connectivity index (χ1n) is 11.1. The molecule has 2 unspecified atom stereocenters. The summed E-state index contributed by atoms with van der Waals surface area (Å²) >= 11 is 0. The summed E-state index contributed by atoms with van der Waals surface area (Å²) < 4.78 is 0. The Morgan fingerprint density at radius 2 is 1.89 bits per heavy atom. The Morgan fingerprint density at radius 3 is 2.67 bits per heavy atom. The van der Waals surface area contributed by atoms with E-state index in [-0.39, 0.29) is 22.9 Å². The number of aliphatic hydroxyl groups excluding tert-OH is 1. The maximum atomic E-state index is 12.0. The second-order valence-corrected chi connectivity index (χ2v) is 10.3. The van der Waals surface area contributed by atoms with E-state index in [0.29, 0.717) is 30.9 Å². The van der Waals surface area contributed by atoms with Crippen LogP contribution in [-0.4, -0.2) is 41.3 Å². The molecule has 5 nitrogen and oxygen atoms in total. The fourth-order valence-electron chi connectivity index (χ4n) is 7.70. The third kappa shape index (κ3) is 2.87. The third-order valence-electron chi connectivity index (χ3n) is 9.42. The Labute approximate surface area is 163 Å². The van der Waals surface area contributed by atoms with Crippen LogP contribution in [0, 0.1) is 34.5 Å². The van der Waals surface area contributed by atoms with Gasteiger partial charge in [0.25, 0.3) is 0 Å². The van der Waals surface area contributed by atoms with Crippen LogP contribution >= 0.6 is 0 Å². The maximum Gasteiger partial charge on any atom is 0.129 e. The summed E-state index contributed by atoms with van der Waals surface area (Å²) in [6.45, 7) is 5.66. The van der Waals surface area contributed by atoms with Crippen molar-refractivity contribution in [2.75, 3.05) is 13.2 Å². The monoisotopic (exact) mass is 378 g/mol. The molecule has 4 aliphatic carbocycles. The molecule has 8 atom stereocenters. The van der Waals surface area contributed by atoms with E-state index in [2.05, 4.69) is 19.0 Å². The molecule has 27 heavy (non-hydrogen) atoms. The van der Waals surface area contributed by atoms with E-state index >= 15 is 0 Å². The van der Waals surface area contributed by atoms with Crippen LogP contribution in [0.5, 0.6) is 0 Å². The molecule has 4 N–H and O–H groups in total. The van der Waals surface area contributed by atoms with Gasteiger partial charge in [-0.05, 0) is 81.0 Å². The highest BCUT2D eigenvalue weighted by Crippen LogP contribution is 2.68. The van der Waals surface area contributed by atoms with Crippen LogP contribution < -0.4 is 5.73 Å². The molecular weight excluding hydrogens is 340 g/mol. The van der Waals surface area contributed by atoms with Crippen LogP contribution in [0.15, 0.2) is 5.16 Å². The van der Waals surface area contributed by atoms with Gasteiger partial charge in [0, 0.05) is 24.1 Å². The molecule has 0 aromatic heterocycles. The molecule has 154 valence electrons. The summed E-state index contributed by atoms with van der Waals surface area (Å²) in [6, 6.07) is 0. The van der Waals surface area contributed by atoms with Crippen molar-refractivity contribution < 1.29 is 15.1 Å². The predicted octanol–water partition coefficient (Wildman–Crippen LogP) is 3.08. The van der Waals surface area contributed by atoms with Crippen molar-refractivity contribution in [1.82, 2.24) is 0 Å². The van der Waals surface area contributed by atoms with Gasteiger partial charge in [-0.2, -0.15) is 0 Å². The number of nitrogens with two attached hydrogens (primary N) is 1. The molecular formula is C22H38N2O3. The van der Waals surface area contributed by atoms with Crippen molar-refractivity contribution in [2.24, 2.45) is 45.4 Å². The summed E-state index contributed by atoms with van der Waals surface area (Å²) in [7, 11) is 0. The van der Waals surface area contributed by atoms with Gasteiger partial charge in [0.2, 0.25) is 0 Å². The SMILES string of the molecule is C[C@]12CC[C@H](O)C[C@H]1CCC1C2CC[C@]2(C)[C@H](/C=N/OCCN)CC[C@]12O. The molecule has 0 amide bonds. The topological polar surface area (TPSA) is 88.1 Å². The quantitative estimate of drug-likeness (QED) is 0.398. The molecule has 0 aromatic rings. The number of hydrogen-bond acceptors (Lipinski definition) is 5. The number of fused-ring (bicyclic) bond motifs is 5. The van der Waals surface area contributed by atoms with Gasteiger partial charge in [-0.25, -0.2) is 0 Å². The molecule has 5 heteroatoms. The van der Waals surface area contributed by atoms with Crippen LogP contribution in [0.1, 0.15) is 71.6 Å². The molecule has 4 saturated carbocycles. The molecule has 0 aromatic carbocycles. The minimum atomic E-state index is -0.593. The Bertz CT molecular complexity index is 584. The highest BCUT2D eigenvalue weighted by molar-refractivity contribution is 5.63. The zero-order valence-corrected chi connectivity index (χ0v) is 17.1. The van der Waals surface area contributed by atoms with Gasteiger partial charge >= 0.3 is 0 Å². The molecule has 4 aliphatic rings. The van der Waals surface area contributed by atoms with Crippen LogP contribution in [0.4, 0.5) is 0 Å². The summed E-state index contributed by atoms with van der Waals surface area (Å²) in [5.41, 5.74) is 5.05. The summed E-state index contributed by atoms with van der Waals surface area (Å²) in [5, 5.41) is 26.4. The smallest absolute Gasteiger partial charge is 0.129 e. The van der Waals surface area contributed by atoms with E-state index in [1.807, 2.05) is 6.21 Å². The second-order valence-electron chi connectivity index (χ2n) is 10.3. The molecule has 0 aliphatic heterocycles. The Hall–Kier alpha value is -0.650. The van der Waals surface area contributed by atoms with Crippen LogP contribution in [0.3, 0.4) is 0 Å². The maximum absolute atomic E-state index is 12.0. The summed E-state index contributed by atoms with van der Waals surface area (Å²) in [5.74, 6) is 1.88. The number of hydrogen-bond donors (Lipinski definition) is 3. The predicted molar refractivity (Wildman–Crippen MR) is 106 cm³/mol. The first-order chi connectivity index (χ1) is 12.8. The minimum Gasteiger partial charge on any atom is -0.395 e. The first kappa shape index (κ1) is 19.7. The van der Waals surface area contributed by atoms with Gasteiger partial charge in [-0.15, -0.1) is 0 Å². The molecule has 0 heterocycles. The van der Waals surface area contributed by atoms with Gasteiger partial charge in [-0.3, -0.25) is 0 Å². The van der Waals surface area contributed by atoms with Crippen molar-refractivity contribution >= 4 is 6.21 Å². The molecule has 0 bridgehead atoms. The summed E-state index contributed by atoms with van der Waals surface area (Å²) in [6.07, 6.45) is 11.2. The van der Waals surface area contributed by atoms with E-state index in [1.54, 1.807) is 0 Å². The van der Waals surface area contributed by atoms with Crippen LogP contribution in [0.25, 0.3) is 0 Å². The lowest BCUT2D eigenvalue weighted by Crippen LogP contribution is -2.62. The number of oxime groups is 1. The molecule has 0 spiro atoms. The van der Waals surface area contributed by atoms with Gasteiger partial charge in [0.15, 0.2) is 0 Å². The van der Waals surface area contributed by atoms with Gasteiger partial charge in [-0.1, -0.05) is 19.0 Å². The average molecular weight is 379 g/mol. The molecule has 0 radical (unpaired) electrons. The van der Waals surface area contributed by atoms with Crippen molar-refractivity contribution in [1.29, 1.82) is 0 Å². The largest absolute Gasteiger partial charge is 0.395 e. The molecule has 4 rings (SSSR count). The van der Waals surface area contributed by atoms with Gasteiger partial charge in [0.05, 0.1) is 11.7 Å².